The summed E-state index contributed by atoms with van der Waals surface area (Å²) in [7, 11) is 0. The molecular formula is C18H32N2S. The average molecular weight is 309 g/mol. The largest absolute Gasteiger partial charge is 0.309 e. The molecule has 1 aliphatic rings. The lowest BCUT2D eigenvalue weighted by Crippen LogP contribution is -2.65. The van der Waals surface area contributed by atoms with Gasteiger partial charge in [0.05, 0.1) is 0 Å². The number of piperazine rings is 1. The van der Waals surface area contributed by atoms with Crippen LogP contribution in [0.4, 0.5) is 0 Å². The molecule has 2 unspecified atom stereocenters. The van der Waals surface area contributed by atoms with Crippen LogP contribution in [0.15, 0.2) is 17.5 Å². The van der Waals surface area contributed by atoms with Crippen molar-refractivity contribution in [3.63, 3.8) is 0 Å². The highest BCUT2D eigenvalue weighted by molar-refractivity contribution is 7.10. The standard InChI is InChI=1S/C18H32N2S/c1-7-18(6)13-20(15(11-19-18)14(2)3)12-17(4,5)16-9-8-10-21-16/h8-10,14-15,19H,7,11-13H2,1-6H3. The predicted octanol–water partition coefficient (Wildman–Crippen LogP) is 4.12. The summed E-state index contributed by atoms with van der Waals surface area (Å²) in [5, 5.41) is 5.99. The van der Waals surface area contributed by atoms with Crippen LogP contribution in [0.5, 0.6) is 0 Å². The van der Waals surface area contributed by atoms with E-state index < -0.39 is 0 Å². The Morgan fingerprint density at radius 3 is 2.71 bits per heavy atom. The molecule has 1 aromatic heterocycles. The van der Waals surface area contributed by atoms with Gasteiger partial charge in [0.25, 0.3) is 0 Å². The molecule has 1 saturated heterocycles. The molecule has 0 saturated carbocycles. The molecule has 0 spiro atoms. The maximum atomic E-state index is 3.79. The van der Waals surface area contributed by atoms with Gasteiger partial charge in [-0.2, -0.15) is 0 Å². The van der Waals surface area contributed by atoms with Gasteiger partial charge in [0.2, 0.25) is 0 Å². The third-order valence-electron chi connectivity index (χ3n) is 5.10. The molecule has 1 aromatic rings. The van der Waals surface area contributed by atoms with E-state index in [9.17, 15) is 0 Å². The van der Waals surface area contributed by atoms with Gasteiger partial charge in [0.1, 0.15) is 0 Å². The highest BCUT2D eigenvalue weighted by Gasteiger charge is 2.38. The monoisotopic (exact) mass is 308 g/mol. The van der Waals surface area contributed by atoms with Crippen LogP contribution in [0.1, 0.15) is 52.8 Å². The van der Waals surface area contributed by atoms with Gasteiger partial charge >= 0.3 is 0 Å². The zero-order chi connectivity index (χ0) is 15.7. The lowest BCUT2D eigenvalue weighted by molar-refractivity contribution is 0.0456. The van der Waals surface area contributed by atoms with E-state index in [1.54, 1.807) is 0 Å². The van der Waals surface area contributed by atoms with Crippen molar-refractivity contribution in [3.8, 4) is 0 Å². The molecule has 21 heavy (non-hydrogen) atoms. The molecule has 2 heterocycles. The number of nitrogens with zero attached hydrogens (tertiary/aromatic N) is 1. The smallest absolute Gasteiger partial charge is 0.0278 e. The Bertz CT molecular complexity index is 438. The highest BCUT2D eigenvalue weighted by atomic mass is 32.1. The van der Waals surface area contributed by atoms with E-state index in [4.69, 9.17) is 0 Å². The second-order valence-electron chi connectivity index (χ2n) is 7.87. The maximum Gasteiger partial charge on any atom is 0.0278 e. The van der Waals surface area contributed by atoms with Crippen molar-refractivity contribution in [2.75, 3.05) is 19.6 Å². The number of hydrogen-bond acceptors (Lipinski definition) is 3. The minimum atomic E-state index is 0.229. The molecule has 2 rings (SSSR count). The first-order valence-corrected chi connectivity index (χ1v) is 9.18. The van der Waals surface area contributed by atoms with E-state index in [1.165, 1.54) is 11.3 Å². The minimum absolute atomic E-state index is 0.229. The van der Waals surface area contributed by atoms with E-state index in [2.05, 4.69) is 69.3 Å². The lowest BCUT2D eigenvalue weighted by atomic mass is 9.85. The topological polar surface area (TPSA) is 15.3 Å². The molecule has 120 valence electrons. The third-order valence-corrected chi connectivity index (χ3v) is 6.33. The summed E-state index contributed by atoms with van der Waals surface area (Å²) in [5.41, 5.74) is 0.490. The number of nitrogens with one attached hydrogen (secondary N) is 1. The number of hydrogen-bond donors (Lipinski definition) is 1. The Labute approximate surface area is 134 Å². The first kappa shape index (κ1) is 17.0. The van der Waals surface area contributed by atoms with E-state index in [0.29, 0.717) is 12.0 Å². The van der Waals surface area contributed by atoms with Crippen molar-refractivity contribution in [1.82, 2.24) is 10.2 Å². The van der Waals surface area contributed by atoms with E-state index in [0.717, 1.165) is 19.6 Å². The summed E-state index contributed by atoms with van der Waals surface area (Å²) in [6.45, 7) is 17.6. The van der Waals surface area contributed by atoms with Gasteiger partial charge < -0.3 is 5.32 Å². The Morgan fingerprint density at radius 2 is 2.19 bits per heavy atom. The van der Waals surface area contributed by atoms with Crippen LogP contribution >= 0.6 is 11.3 Å². The van der Waals surface area contributed by atoms with Crippen LogP contribution in [-0.2, 0) is 5.41 Å². The fraction of sp³-hybridized carbons (Fsp3) is 0.778. The molecule has 1 fully saturated rings. The maximum absolute atomic E-state index is 3.79. The van der Waals surface area contributed by atoms with Gasteiger partial charge in [-0.1, -0.05) is 40.7 Å². The van der Waals surface area contributed by atoms with Gasteiger partial charge in [-0.15, -0.1) is 11.3 Å². The molecule has 3 heteroatoms. The Hall–Kier alpha value is -0.380. The molecule has 0 radical (unpaired) electrons. The molecule has 0 aromatic carbocycles. The first-order valence-electron chi connectivity index (χ1n) is 8.30. The molecule has 1 aliphatic heterocycles. The van der Waals surface area contributed by atoms with Crippen molar-refractivity contribution in [3.05, 3.63) is 22.4 Å². The van der Waals surface area contributed by atoms with Crippen LogP contribution in [0.25, 0.3) is 0 Å². The van der Waals surface area contributed by atoms with Crippen LogP contribution in [0.3, 0.4) is 0 Å². The second kappa shape index (κ2) is 6.39. The fourth-order valence-electron chi connectivity index (χ4n) is 3.42. The van der Waals surface area contributed by atoms with Crippen molar-refractivity contribution >= 4 is 11.3 Å². The SMILES string of the molecule is CCC1(C)CN(CC(C)(C)c2cccs2)C(C(C)C)CN1. The summed E-state index contributed by atoms with van der Waals surface area (Å²) >= 11 is 1.89. The quantitative estimate of drug-likeness (QED) is 0.880. The first-order chi connectivity index (χ1) is 9.77. The highest BCUT2D eigenvalue weighted by Crippen LogP contribution is 2.32. The summed E-state index contributed by atoms with van der Waals surface area (Å²) in [6.07, 6.45) is 1.19. The number of thiophene rings is 1. The van der Waals surface area contributed by atoms with Crippen molar-refractivity contribution in [1.29, 1.82) is 0 Å². The molecule has 2 atom stereocenters. The Kier molecular flexibility index (Phi) is 5.17. The molecule has 0 amide bonds. The van der Waals surface area contributed by atoms with Crippen LogP contribution < -0.4 is 5.32 Å². The van der Waals surface area contributed by atoms with Crippen molar-refractivity contribution < 1.29 is 0 Å². The van der Waals surface area contributed by atoms with Gasteiger partial charge in [0.15, 0.2) is 0 Å². The normalized spacial score (nSPS) is 28.2. The lowest BCUT2D eigenvalue weighted by Gasteiger charge is -2.49. The summed E-state index contributed by atoms with van der Waals surface area (Å²) in [5.74, 6) is 0.693. The van der Waals surface area contributed by atoms with Gasteiger partial charge in [-0.3, -0.25) is 4.90 Å². The van der Waals surface area contributed by atoms with Crippen LogP contribution in [-0.4, -0.2) is 36.1 Å². The second-order valence-corrected chi connectivity index (χ2v) is 8.82. The Morgan fingerprint density at radius 1 is 1.48 bits per heavy atom. The Balaban J connectivity index is 2.16. The molecule has 0 aliphatic carbocycles. The summed E-state index contributed by atoms with van der Waals surface area (Å²) in [6, 6.07) is 5.11. The molecule has 1 N–H and O–H groups in total. The van der Waals surface area contributed by atoms with Crippen molar-refractivity contribution in [2.24, 2.45) is 5.92 Å². The van der Waals surface area contributed by atoms with E-state index >= 15 is 0 Å². The van der Waals surface area contributed by atoms with Gasteiger partial charge in [0, 0.05) is 41.5 Å². The van der Waals surface area contributed by atoms with E-state index in [-0.39, 0.29) is 11.0 Å². The predicted molar refractivity (Wildman–Crippen MR) is 94.2 cm³/mol. The molecular weight excluding hydrogens is 276 g/mol. The van der Waals surface area contributed by atoms with Crippen LogP contribution in [0, 0.1) is 5.92 Å². The third kappa shape index (κ3) is 3.88. The zero-order valence-electron chi connectivity index (χ0n) is 14.6. The molecule has 0 bridgehead atoms. The molecule has 2 nitrogen and oxygen atoms in total. The zero-order valence-corrected chi connectivity index (χ0v) is 15.4. The van der Waals surface area contributed by atoms with Crippen LogP contribution in [0.2, 0.25) is 0 Å². The fourth-order valence-corrected chi connectivity index (χ4v) is 4.26. The number of rotatable bonds is 5. The summed E-state index contributed by atoms with van der Waals surface area (Å²) < 4.78 is 0. The summed E-state index contributed by atoms with van der Waals surface area (Å²) in [4.78, 5) is 4.24. The minimum Gasteiger partial charge on any atom is -0.309 e. The van der Waals surface area contributed by atoms with Gasteiger partial charge in [-0.25, -0.2) is 0 Å². The van der Waals surface area contributed by atoms with Crippen molar-refractivity contribution in [2.45, 2.75) is 65.0 Å². The van der Waals surface area contributed by atoms with Gasteiger partial charge in [-0.05, 0) is 30.7 Å². The average Bonchev–Trinajstić information content (AvgIpc) is 2.92. The van der Waals surface area contributed by atoms with E-state index in [1.807, 2.05) is 11.3 Å².